The Bertz CT molecular complexity index is 418. The van der Waals surface area contributed by atoms with E-state index in [1.165, 1.54) is 0 Å². The molecule has 4 heterocycles. The molecule has 0 aromatic rings. The lowest BCUT2D eigenvalue weighted by Gasteiger charge is -2.42. The fourth-order valence-corrected chi connectivity index (χ4v) is 4.39. The van der Waals surface area contributed by atoms with E-state index < -0.39 is 0 Å². The summed E-state index contributed by atoms with van der Waals surface area (Å²) < 4.78 is 29.3. The maximum atomic E-state index is 6.29. The van der Waals surface area contributed by atoms with E-state index in [0.717, 1.165) is 71.9 Å². The summed E-state index contributed by atoms with van der Waals surface area (Å²) in [5.41, 5.74) is 0.525. The van der Waals surface area contributed by atoms with Crippen LogP contribution in [0.3, 0.4) is 0 Å². The average molecular weight is 340 g/mol. The molecule has 4 aliphatic heterocycles. The first-order valence-electron chi connectivity index (χ1n) is 9.68. The van der Waals surface area contributed by atoms with Gasteiger partial charge in [-0.15, -0.1) is 0 Å². The fourth-order valence-electron chi connectivity index (χ4n) is 4.39. The van der Waals surface area contributed by atoms with Gasteiger partial charge in [-0.25, -0.2) is 0 Å². The minimum atomic E-state index is 0.222. The lowest BCUT2D eigenvalue weighted by molar-refractivity contribution is -0.170. The van der Waals surface area contributed by atoms with Crippen molar-refractivity contribution in [2.75, 3.05) is 46.2 Å². The minimum absolute atomic E-state index is 0.222. The van der Waals surface area contributed by atoms with E-state index in [4.69, 9.17) is 23.7 Å². The van der Waals surface area contributed by atoms with Crippen LogP contribution in [0, 0.1) is 16.7 Å². The molecule has 5 nitrogen and oxygen atoms in total. The second-order valence-corrected chi connectivity index (χ2v) is 8.51. The summed E-state index contributed by atoms with van der Waals surface area (Å²) in [5.74, 6) is 0.485. The summed E-state index contributed by atoms with van der Waals surface area (Å²) in [5, 5.41) is 0. The lowest BCUT2D eigenvalue weighted by atomic mass is 9.83. The molecule has 4 rings (SSSR count). The maximum Gasteiger partial charge on any atom is 0.0892 e. The van der Waals surface area contributed by atoms with Gasteiger partial charge in [-0.3, -0.25) is 0 Å². The Morgan fingerprint density at radius 2 is 1.58 bits per heavy atom. The normalized spacial score (nSPS) is 38.8. The Hall–Kier alpha value is -0.200. The molecular formula is C19H32O5. The highest BCUT2D eigenvalue weighted by Crippen LogP contribution is 2.42. The standard InChI is InChI=1S/C19H32O5/c1-3-18(9-21-10-18)8-20-7-14-5-15-6-16(17(14)24-15)23-13-19(4-2)11-22-12-19/h14-17H,3-13H2,1-2H3. The molecule has 0 saturated carbocycles. The van der Waals surface area contributed by atoms with Crippen molar-refractivity contribution in [3.05, 3.63) is 0 Å². The van der Waals surface area contributed by atoms with Crippen LogP contribution in [0.15, 0.2) is 0 Å². The molecule has 0 spiro atoms. The molecule has 0 radical (unpaired) electrons. The molecule has 138 valence electrons. The smallest absolute Gasteiger partial charge is 0.0892 e. The molecule has 0 aromatic carbocycles. The zero-order valence-electron chi connectivity index (χ0n) is 15.1. The van der Waals surface area contributed by atoms with Crippen LogP contribution >= 0.6 is 0 Å². The third-order valence-corrected chi connectivity index (χ3v) is 6.72. The van der Waals surface area contributed by atoms with Gasteiger partial charge in [0.05, 0.1) is 64.6 Å². The fraction of sp³-hybridized carbons (Fsp3) is 1.00. The van der Waals surface area contributed by atoms with Crippen LogP contribution in [0.2, 0.25) is 0 Å². The van der Waals surface area contributed by atoms with Gasteiger partial charge in [0.2, 0.25) is 0 Å². The first kappa shape index (κ1) is 17.2. The van der Waals surface area contributed by atoms with E-state index in [1.54, 1.807) is 0 Å². The van der Waals surface area contributed by atoms with Crippen LogP contribution in [-0.4, -0.2) is 64.6 Å². The molecule has 0 aliphatic carbocycles. The van der Waals surface area contributed by atoms with E-state index in [9.17, 15) is 0 Å². The van der Waals surface area contributed by atoms with E-state index in [1.807, 2.05) is 0 Å². The van der Waals surface area contributed by atoms with Crippen molar-refractivity contribution in [3.63, 3.8) is 0 Å². The van der Waals surface area contributed by atoms with Crippen molar-refractivity contribution < 1.29 is 23.7 Å². The summed E-state index contributed by atoms with van der Waals surface area (Å²) in [6.07, 6.45) is 5.27. The Labute approximate surface area is 145 Å². The highest BCUT2D eigenvalue weighted by Gasteiger charge is 2.49. The summed E-state index contributed by atoms with van der Waals surface area (Å²) in [4.78, 5) is 0. The van der Waals surface area contributed by atoms with E-state index in [0.29, 0.717) is 12.0 Å². The molecule has 4 atom stereocenters. The molecular weight excluding hydrogens is 308 g/mol. The van der Waals surface area contributed by atoms with Crippen LogP contribution in [0.1, 0.15) is 39.5 Å². The first-order chi connectivity index (χ1) is 11.7. The van der Waals surface area contributed by atoms with Gasteiger partial charge in [0, 0.05) is 23.2 Å². The predicted octanol–water partition coefficient (Wildman–Crippen LogP) is 2.42. The Morgan fingerprint density at radius 1 is 0.917 bits per heavy atom. The monoisotopic (exact) mass is 340 g/mol. The van der Waals surface area contributed by atoms with E-state index in [2.05, 4.69) is 13.8 Å². The average Bonchev–Trinajstić information content (AvgIpc) is 3.09. The molecule has 2 bridgehead atoms. The Morgan fingerprint density at radius 3 is 2.12 bits per heavy atom. The molecule has 4 saturated heterocycles. The molecule has 0 amide bonds. The van der Waals surface area contributed by atoms with Crippen LogP contribution in [-0.2, 0) is 23.7 Å². The zero-order chi connectivity index (χ0) is 16.6. The maximum absolute atomic E-state index is 6.29. The van der Waals surface area contributed by atoms with Crippen LogP contribution in [0.5, 0.6) is 0 Å². The summed E-state index contributed by atoms with van der Waals surface area (Å²) in [6.45, 7) is 10.3. The predicted molar refractivity (Wildman–Crippen MR) is 89.0 cm³/mol. The van der Waals surface area contributed by atoms with E-state index >= 15 is 0 Å². The summed E-state index contributed by atoms with van der Waals surface area (Å²) in [7, 11) is 0. The molecule has 24 heavy (non-hydrogen) atoms. The van der Waals surface area contributed by atoms with Crippen molar-refractivity contribution in [1.29, 1.82) is 0 Å². The van der Waals surface area contributed by atoms with Crippen LogP contribution in [0.25, 0.3) is 0 Å². The molecule has 4 aliphatic rings. The SMILES string of the molecule is CCC1(COCC2CC3CC(OCC4(CC)COC4)C2O3)COC1. The molecule has 4 unspecified atom stereocenters. The van der Waals surface area contributed by atoms with E-state index in [-0.39, 0.29) is 23.0 Å². The number of fused-ring (bicyclic) bond motifs is 2. The van der Waals surface area contributed by atoms with Crippen LogP contribution in [0.4, 0.5) is 0 Å². The van der Waals surface area contributed by atoms with Gasteiger partial charge in [-0.05, 0) is 19.3 Å². The van der Waals surface area contributed by atoms with Gasteiger partial charge < -0.3 is 23.7 Å². The van der Waals surface area contributed by atoms with Crippen molar-refractivity contribution in [2.45, 2.75) is 57.8 Å². The second kappa shape index (κ2) is 6.84. The highest BCUT2D eigenvalue weighted by atomic mass is 16.6. The molecule has 0 N–H and O–H groups in total. The third-order valence-electron chi connectivity index (χ3n) is 6.72. The van der Waals surface area contributed by atoms with Gasteiger partial charge in [0.25, 0.3) is 0 Å². The summed E-state index contributed by atoms with van der Waals surface area (Å²) >= 11 is 0. The highest BCUT2D eigenvalue weighted by molar-refractivity contribution is 4.97. The molecule has 5 heteroatoms. The quantitative estimate of drug-likeness (QED) is 0.645. The second-order valence-electron chi connectivity index (χ2n) is 8.51. The van der Waals surface area contributed by atoms with Gasteiger partial charge in [-0.2, -0.15) is 0 Å². The van der Waals surface area contributed by atoms with Gasteiger partial charge in [0.1, 0.15) is 0 Å². The number of hydrogen-bond acceptors (Lipinski definition) is 5. The largest absolute Gasteiger partial charge is 0.380 e. The number of hydrogen-bond donors (Lipinski definition) is 0. The summed E-state index contributed by atoms with van der Waals surface area (Å²) in [6, 6.07) is 0. The van der Waals surface area contributed by atoms with Crippen molar-refractivity contribution in [3.8, 4) is 0 Å². The Balaban J connectivity index is 1.23. The van der Waals surface area contributed by atoms with Crippen molar-refractivity contribution in [1.82, 2.24) is 0 Å². The van der Waals surface area contributed by atoms with Gasteiger partial charge >= 0.3 is 0 Å². The van der Waals surface area contributed by atoms with Gasteiger partial charge in [-0.1, -0.05) is 13.8 Å². The van der Waals surface area contributed by atoms with Crippen LogP contribution < -0.4 is 0 Å². The van der Waals surface area contributed by atoms with Gasteiger partial charge in [0.15, 0.2) is 0 Å². The third kappa shape index (κ3) is 3.14. The molecule has 4 fully saturated rings. The topological polar surface area (TPSA) is 46.2 Å². The first-order valence-corrected chi connectivity index (χ1v) is 9.68. The molecule has 0 aromatic heterocycles. The number of rotatable bonds is 9. The van der Waals surface area contributed by atoms with Crippen molar-refractivity contribution in [2.24, 2.45) is 16.7 Å². The zero-order valence-corrected chi connectivity index (χ0v) is 15.1. The van der Waals surface area contributed by atoms with Crippen molar-refractivity contribution >= 4 is 0 Å². The lowest BCUT2D eigenvalue weighted by Crippen LogP contribution is -2.48. The number of ether oxygens (including phenoxy) is 5. The minimum Gasteiger partial charge on any atom is -0.380 e. The Kier molecular flexibility index (Phi) is 4.91.